The van der Waals surface area contributed by atoms with E-state index in [1.165, 1.54) is 5.90 Å². The number of rotatable bonds is 2. The summed E-state index contributed by atoms with van der Waals surface area (Å²) in [5.41, 5.74) is 0. The van der Waals surface area contributed by atoms with Gasteiger partial charge in [0.25, 0.3) is 0 Å². The molecule has 0 spiro atoms. The molecular formula is C11H26B2P2. The summed E-state index contributed by atoms with van der Waals surface area (Å²) in [7, 11) is 0.407. The highest BCUT2D eigenvalue weighted by Crippen LogP contribution is 2.59. The average Bonchev–Trinajstić information content (AvgIpc) is 1.82. The van der Waals surface area contributed by atoms with E-state index in [0.717, 1.165) is 0 Å². The fourth-order valence-corrected chi connectivity index (χ4v) is 6.68. The highest BCUT2D eigenvalue weighted by molar-refractivity contribution is 7.75. The van der Waals surface area contributed by atoms with Crippen LogP contribution in [0.4, 0.5) is 0 Å². The van der Waals surface area contributed by atoms with Crippen molar-refractivity contribution in [2.45, 2.75) is 51.9 Å². The standard InChI is InChI=1S/C11H26P2.2B/c1-10(2,3)12(7)9-13(8)11(4,5)6;;/h9H2,1-8H3;;. The molecule has 0 bridgehead atoms. The van der Waals surface area contributed by atoms with E-state index in [-0.39, 0.29) is 32.7 Å². The Kier molecular flexibility index (Phi) is 10.4. The van der Waals surface area contributed by atoms with Crippen molar-refractivity contribution in [1.29, 1.82) is 0 Å². The molecule has 0 heterocycles. The molecule has 0 aromatic rings. The fraction of sp³-hybridized carbons (Fsp3) is 1.00. The van der Waals surface area contributed by atoms with Crippen LogP contribution in [0.1, 0.15) is 41.5 Å². The van der Waals surface area contributed by atoms with E-state index >= 15 is 0 Å². The zero-order valence-corrected chi connectivity index (χ0v) is 13.5. The Labute approximate surface area is 104 Å². The van der Waals surface area contributed by atoms with Gasteiger partial charge in [0.2, 0.25) is 0 Å². The molecular weight excluding hydrogens is 216 g/mol. The van der Waals surface area contributed by atoms with E-state index in [4.69, 9.17) is 0 Å². The predicted molar refractivity (Wildman–Crippen MR) is 81.6 cm³/mol. The van der Waals surface area contributed by atoms with Gasteiger partial charge in [-0.25, -0.2) is 0 Å². The van der Waals surface area contributed by atoms with E-state index in [0.29, 0.717) is 10.3 Å². The lowest BCUT2D eigenvalue weighted by Crippen LogP contribution is -2.17. The van der Waals surface area contributed by atoms with E-state index in [1.807, 2.05) is 0 Å². The van der Waals surface area contributed by atoms with E-state index < -0.39 is 0 Å². The molecule has 86 valence electrons. The summed E-state index contributed by atoms with van der Waals surface area (Å²) >= 11 is 0. The quantitative estimate of drug-likeness (QED) is 0.507. The predicted octanol–water partition coefficient (Wildman–Crippen LogP) is 4.00. The first-order chi connectivity index (χ1) is 5.55. The molecule has 0 aliphatic rings. The monoisotopic (exact) mass is 242 g/mol. The average molecular weight is 242 g/mol. The zero-order chi connectivity index (χ0) is 10.9. The molecule has 0 aliphatic heterocycles. The molecule has 0 saturated carbocycles. The maximum absolute atomic E-state index is 2.46. The van der Waals surface area contributed by atoms with Gasteiger partial charge in [-0.05, 0) is 29.5 Å². The minimum absolute atomic E-state index is 0. The van der Waals surface area contributed by atoms with Crippen LogP contribution in [0, 0.1) is 0 Å². The first-order valence-corrected chi connectivity index (χ1v) is 8.92. The van der Waals surface area contributed by atoms with Gasteiger partial charge < -0.3 is 0 Å². The second-order valence-electron chi connectivity index (χ2n) is 5.88. The molecule has 0 rings (SSSR count). The maximum atomic E-state index is 2.46. The lowest BCUT2D eigenvalue weighted by molar-refractivity contribution is 0.778. The minimum Gasteiger partial charge on any atom is -0.1000 e. The topological polar surface area (TPSA) is 0 Å². The summed E-state index contributed by atoms with van der Waals surface area (Å²) in [5.74, 6) is 1.47. The van der Waals surface area contributed by atoms with Gasteiger partial charge >= 0.3 is 0 Å². The van der Waals surface area contributed by atoms with Crippen molar-refractivity contribution < 1.29 is 0 Å². The maximum Gasteiger partial charge on any atom is 0 e. The van der Waals surface area contributed by atoms with Crippen molar-refractivity contribution in [3.05, 3.63) is 0 Å². The van der Waals surface area contributed by atoms with Gasteiger partial charge in [-0.3, -0.25) is 0 Å². The highest BCUT2D eigenvalue weighted by atomic mass is 31.2. The third-order valence-electron chi connectivity index (χ3n) is 2.71. The van der Waals surface area contributed by atoms with Crippen LogP contribution in [0.5, 0.6) is 0 Å². The lowest BCUT2D eigenvalue weighted by atomic mass is 10.3. The van der Waals surface area contributed by atoms with Crippen molar-refractivity contribution in [2.75, 3.05) is 19.2 Å². The van der Waals surface area contributed by atoms with Crippen LogP contribution in [0.25, 0.3) is 0 Å². The Morgan fingerprint density at radius 1 is 0.667 bits per heavy atom. The largest absolute Gasteiger partial charge is 0.1000 e. The molecule has 0 N–H and O–H groups in total. The van der Waals surface area contributed by atoms with Crippen LogP contribution in [-0.2, 0) is 0 Å². The smallest absolute Gasteiger partial charge is 0 e. The Morgan fingerprint density at radius 2 is 0.867 bits per heavy atom. The molecule has 0 saturated heterocycles. The molecule has 0 aliphatic carbocycles. The van der Waals surface area contributed by atoms with Crippen molar-refractivity contribution in [2.24, 2.45) is 0 Å². The highest BCUT2D eigenvalue weighted by Gasteiger charge is 2.26. The summed E-state index contributed by atoms with van der Waals surface area (Å²) in [4.78, 5) is 0. The SMILES string of the molecule is CP(CP(C)C(C)(C)C)C(C)(C)C.[B].[B]. The van der Waals surface area contributed by atoms with E-state index in [1.54, 1.807) is 0 Å². The summed E-state index contributed by atoms with van der Waals surface area (Å²) < 4.78 is 0. The molecule has 4 heteroatoms. The Hall–Kier alpha value is 0.990. The Balaban J connectivity index is -0.000000720. The first-order valence-electron chi connectivity index (χ1n) is 4.97. The zero-order valence-electron chi connectivity index (χ0n) is 11.8. The van der Waals surface area contributed by atoms with Gasteiger partial charge in [0.1, 0.15) is 0 Å². The third-order valence-corrected chi connectivity index (χ3v) is 10.7. The minimum atomic E-state index is 0. The van der Waals surface area contributed by atoms with Gasteiger partial charge in [0, 0.05) is 16.8 Å². The van der Waals surface area contributed by atoms with Gasteiger partial charge in [-0.1, -0.05) is 57.4 Å². The van der Waals surface area contributed by atoms with Crippen LogP contribution in [0.3, 0.4) is 0 Å². The fourth-order valence-electron chi connectivity index (χ4n) is 0.742. The number of hydrogen-bond donors (Lipinski definition) is 0. The molecule has 0 amide bonds. The van der Waals surface area contributed by atoms with Crippen molar-refractivity contribution in [3.63, 3.8) is 0 Å². The normalized spacial score (nSPS) is 16.0. The molecule has 6 radical (unpaired) electrons. The first kappa shape index (κ1) is 21.3. The third kappa shape index (κ3) is 8.76. The summed E-state index contributed by atoms with van der Waals surface area (Å²) in [6.07, 6.45) is 0. The van der Waals surface area contributed by atoms with E-state index in [2.05, 4.69) is 54.9 Å². The molecule has 0 aromatic heterocycles. The molecule has 2 unspecified atom stereocenters. The summed E-state index contributed by atoms with van der Waals surface area (Å²) in [5, 5.41) is 1.08. The molecule has 0 nitrogen and oxygen atoms in total. The Morgan fingerprint density at radius 3 is 1.00 bits per heavy atom. The van der Waals surface area contributed by atoms with Crippen LogP contribution >= 0.6 is 15.8 Å². The molecule has 0 aromatic carbocycles. The van der Waals surface area contributed by atoms with Gasteiger partial charge in [0.05, 0.1) is 0 Å². The van der Waals surface area contributed by atoms with Crippen molar-refractivity contribution >= 4 is 32.7 Å². The lowest BCUT2D eigenvalue weighted by Gasteiger charge is -2.35. The van der Waals surface area contributed by atoms with Crippen LogP contribution in [-0.4, -0.2) is 46.4 Å². The van der Waals surface area contributed by atoms with Crippen molar-refractivity contribution in [3.8, 4) is 0 Å². The van der Waals surface area contributed by atoms with Gasteiger partial charge in [0.15, 0.2) is 0 Å². The second-order valence-corrected chi connectivity index (χ2v) is 12.5. The van der Waals surface area contributed by atoms with Gasteiger partial charge in [-0.15, -0.1) is 0 Å². The van der Waals surface area contributed by atoms with E-state index in [9.17, 15) is 0 Å². The molecule has 0 fully saturated rings. The summed E-state index contributed by atoms with van der Waals surface area (Å²) in [6.45, 7) is 19.2. The van der Waals surface area contributed by atoms with Crippen LogP contribution < -0.4 is 0 Å². The van der Waals surface area contributed by atoms with Crippen LogP contribution in [0.15, 0.2) is 0 Å². The second kappa shape index (κ2) is 7.34. The molecule has 15 heavy (non-hydrogen) atoms. The Bertz CT molecular complexity index is 141. The van der Waals surface area contributed by atoms with Gasteiger partial charge in [-0.2, -0.15) is 0 Å². The summed E-state index contributed by atoms with van der Waals surface area (Å²) in [6, 6.07) is 0. The van der Waals surface area contributed by atoms with Crippen molar-refractivity contribution in [1.82, 2.24) is 0 Å². The van der Waals surface area contributed by atoms with Crippen LogP contribution in [0.2, 0.25) is 0 Å². The number of hydrogen-bond acceptors (Lipinski definition) is 0. The molecule has 2 atom stereocenters.